The summed E-state index contributed by atoms with van der Waals surface area (Å²) in [4.78, 5) is 0. The van der Waals surface area contributed by atoms with Crippen molar-refractivity contribution in [3.05, 3.63) is 84.4 Å². The van der Waals surface area contributed by atoms with E-state index in [-0.39, 0.29) is 0 Å². The zero-order valence-electron chi connectivity index (χ0n) is 12.5. The minimum atomic E-state index is 1.20. The first-order chi connectivity index (χ1) is 10.9. The van der Waals surface area contributed by atoms with Crippen LogP contribution in [0.3, 0.4) is 0 Å². The molecule has 1 aromatic heterocycles. The number of aromatic nitrogens is 1. The molecule has 0 radical (unpaired) electrons. The van der Waals surface area contributed by atoms with Gasteiger partial charge in [0.05, 0.1) is 11.0 Å². The van der Waals surface area contributed by atoms with Gasteiger partial charge in [-0.25, -0.2) is 0 Å². The number of hydrogen-bond donors (Lipinski definition) is 0. The molecule has 1 heteroatoms. The lowest BCUT2D eigenvalue weighted by Gasteiger charge is -2.08. The predicted octanol–water partition coefficient (Wildman–Crippen LogP) is 5.82. The molecule has 0 aliphatic rings. The first-order valence-corrected chi connectivity index (χ1v) is 7.60. The lowest BCUT2D eigenvalue weighted by Crippen LogP contribution is -1.93. The lowest BCUT2D eigenvalue weighted by molar-refractivity contribution is 1.18. The fourth-order valence-corrected chi connectivity index (χ4v) is 3.13. The molecule has 0 spiro atoms. The number of fused-ring (bicyclic) bond motifs is 3. The summed E-state index contributed by atoms with van der Waals surface area (Å²) in [6, 6.07) is 25.9. The average molecular weight is 283 g/mol. The second-order valence-electron chi connectivity index (χ2n) is 5.46. The summed E-state index contributed by atoms with van der Waals surface area (Å²) in [5, 5.41) is 2.60. The van der Waals surface area contributed by atoms with Crippen LogP contribution in [0, 0.1) is 0 Å². The second-order valence-corrected chi connectivity index (χ2v) is 5.46. The van der Waals surface area contributed by atoms with E-state index in [9.17, 15) is 0 Å². The molecule has 0 aliphatic heterocycles. The Morgan fingerprint density at radius 2 is 1.23 bits per heavy atom. The maximum Gasteiger partial charge on any atom is 0.0541 e. The average Bonchev–Trinajstić information content (AvgIpc) is 2.91. The summed E-state index contributed by atoms with van der Waals surface area (Å²) >= 11 is 0. The minimum Gasteiger partial charge on any atom is -0.309 e. The molecule has 0 amide bonds. The molecule has 0 aliphatic carbocycles. The topological polar surface area (TPSA) is 4.93 Å². The van der Waals surface area contributed by atoms with E-state index in [1.54, 1.807) is 0 Å². The van der Waals surface area contributed by atoms with Gasteiger partial charge in [0.15, 0.2) is 0 Å². The van der Waals surface area contributed by atoms with Gasteiger partial charge in [-0.05, 0) is 36.8 Å². The molecule has 106 valence electrons. The van der Waals surface area contributed by atoms with Crippen LogP contribution in [0.1, 0.15) is 12.5 Å². The maximum atomic E-state index is 2.34. The van der Waals surface area contributed by atoms with E-state index >= 15 is 0 Å². The van der Waals surface area contributed by atoms with Gasteiger partial charge >= 0.3 is 0 Å². The molecule has 0 N–H and O–H groups in total. The quantitative estimate of drug-likeness (QED) is 0.437. The van der Waals surface area contributed by atoms with Gasteiger partial charge in [-0.1, -0.05) is 60.7 Å². The van der Waals surface area contributed by atoms with Crippen LogP contribution in [-0.4, -0.2) is 4.57 Å². The zero-order valence-corrected chi connectivity index (χ0v) is 12.5. The molecule has 22 heavy (non-hydrogen) atoms. The summed E-state index contributed by atoms with van der Waals surface area (Å²) in [5.41, 5.74) is 4.93. The minimum absolute atomic E-state index is 1.20. The van der Waals surface area contributed by atoms with Crippen LogP contribution in [0.15, 0.2) is 78.9 Å². The van der Waals surface area contributed by atoms with Crippen LogP contribution in [-0.2, 0) is 0 Å². The second kappa shape index (κ2) is 5.19. The van der Waals surface area contributed by atoms with Crippen molar-refractivity contribution in [2.75, 3.05) is 0 Å². The monoisotopic (exact) mass is 283 g/mol. The van der Waals surface area contributed by atoms with Crippen LogP contribution in [0.5, 0.6) is 0 Å². The predicted molar refractivity (Wildman–Crippen MR) is 95.5 cm³/mol. The summed E-state index contributed by atoms with van der Waals surface area (Å²) in [7, 11) is 0. The van der Waals surface area contributed by atoms with E-state index in [0.29, 0.717) is 0 Å². The zero-order chi connectivity index (χ0) is 14.9. The van der Waals surface area contributed by atoms with Gasteiger partial charge in [-0.2, -0.15) is 0 Å². The van der Waals surface area contributed by atoms with Crippen molar-refractivity contribution in [3.63, 3.8) is 0 Å². The Morgan fingerprint density at radius 1 is 0.682 bits per heavy atom. The van der Waals surface area contributed by atoms with Crippen molar-refractivity contribution in [2.24, 2.45) is 0 Å². The highest BCUT2D eigenvalue weighted by atomic mass is 15.0. The van der Waals surface area contributed by atoms with Gasteiger partial charge in [0.2, 0.25) is 0 Å². The molecule has 0 atom stereocenters. The molecule has 0 saturated carbocycles. The molecule has 0 saturated heterocycles. The SMILES string of the molecule is CC=Cc1ccc(-n2c3ccccc3c3ccccc32)cc1. The van der Waals surface area contributed by atoms with Crippen LogP contribution in [0.25, 0.3) is 33.6 Å². The Kier molecular flexibility index (Phi) is 3.05. The number of para-hydroxylation sites is 2. The fourth-order valence-electron chi connectivity index (χ4n) is 3.13. The Morgan fingerprint density at radius 3 is 1.77 bits per heavy atom. The van der Waals surface area contributed by atoms with Crippen molar-refractivity contribution < 1.29 is 0 Å². The summed E-state index contributed by atoms with van der Waals surface area (Å²) in [5.74, 6) is 0. The fraction of sp³-hybridized carbons (Fsp3) is 0.0476. The van der Waals surface area contributed by atoms with E-state index in [1.807, 2.05) is 6.92 Å². The highest BCUT2D eigenvalue weighted by molar-refractivity contribution is 6.09. The van der Waals surface area contributed by atoms with Gasteiger partial charge in [-0.15, -0.1) is 0 Å². The molecule has 0 unspecified atom stereocenters. The van der Waals surface area contributed by atoms with Gasteiger partial charge in [-0.3, -0.25) is 0 Å². The molecule has 1 heterocycles. The van der Waals surface area contributed by atoms with Gasteiger partial charge in [0.25, 0.3) is 0 Å². The third kappa shape index (κ3) is 1.94. The van der Waals surface area contributed by atoms with Crippen molar-refractivity contribution >= 4 is 27.9 Å². The van der Waals surface area contributed by atoms with Crippen molar-refractivity contribution in [1.82, 2.24) is 4.57 Å². The van der Waals surface area contributed by atoms with E-state index in [1.165, 1.54) is 33.1 Å². The molecular weight excluding hydrogens is 266 g/mol. The Bertz CT molecular complexity index is 919. The van der Waals surface area contributed by atoms with E-state index in [2.05, 4.69) is 89.5 Å². The number of nitrogens with zero attached hydrogens (tertiary/aromatic N) is 1. The molecule has 4 aromatic rings. The van der Waals surface area contributed by atoms with E-state index in [4.69, 9.17) is 0 Å². The van der Waals surface area contributed by atoms with Gasteiger partial charge < -0.3 is 4.57 Å². The summed E-state index contributed by atoms with van der Waals surface area (Å²) in [6.45, 7) is 2.04. The van der Waals surface area contributed by atoms with E-state index in [0.717, 1.165) is 0 Å². The lowest BCUT2D eigenvalue weighted by atomic mass is 10.2. The molecular formula is C21H17N. The van der Waals surface area contributed by atoms with Crippen molar-refractivity contribution in [1.29, 1.82) is 0 Å². The van der Waals surface area contributed by atoms with Crippen molar-refractivity contribution in [3.8, 4) is 5.69 Å². The summed E-state index contributed by atoms with van der Waals surface area (Å²) in [6.07, 6.45) is 4.19. The highest BCUT2D eigenvalue weighted by Gasteiger charge is 2.10. The first-order valence-electron chi connectivity index (χ1n) is 7.60. The standard InChI is InChI=1S/C21H17N/c1-2-7-16-12-14-17(15-13-16)22-20-10-5-3-8-18(20)19-9-4-6-11-21(19)22/h2-15H,1H3. The van der Waals surface area contributed by atoms with Crippen LogP contribution < -0.4 is 0 Å². The highest BCUT2D eigenvalue weighted by Crippen LogP contribution is 2.31. The molecule has 4 rings (SSSR count). The Labute approximate surface area is 130 Å². The van der Waals surface area contributed by atoms with Crippen LogP contribution in [0.2, 0.25) is 0 Å². The van der Waals surface area contributed by atoms with E-state index < -0.39 is 0 Å². The van der Waals surface area contributed by atoms with Crippen LogP contribution >= 0.6 is 0 Å². The number of rotatable bonds is 2. The molecule has 0 bridgehead atoms. The molecule has 3 aromatic carbocycles. The Hall–Kier alpha value is -2.80. The summed E-state index contributed by atoms with van der Waals surface area (Å²) < 4.78 is 2.34. The van der Waals surface area contributed by atoms with Gasteiger partial charge in [0, 0.05) is 16.5 Å². The number of allylic oxidation sites excluding steroid dienone is 1. The first kappa shape index (κ1) is 12.9. The Balaban J connectivity index is 2.03. The van der Waals surface area contributed by atoms with Gasteiger partial charge in [0.1, 0.15) is 0 Å². The number of benzene rings is 3. The smallest absolute Gasteiger partial charge is 0.0541 e. The third-order valence-corrected chi connectivity index (χ3v) is 4.09. The normalized spacial score (nSPS) is 11.7. The number of hydrogen-bond acceptors (Lipinski definition) is 0. The maximum absolute atomic E-state index is 2.34. The van der Waals surface area contributed by atoms with Crippen LogP contribution in [0.4, 0.5) is 0 Å². The molecule has 1 nitrogen and oxygen atoms in total. The molecule has 0 fully saturated rings. The third-order valence-electron chi connectivity index (χ3n) is 4.09. The largest absolute Gasteiger partial charge is 0.309 e. The van der Waals surface area contributed by atoms with Crippen molar-refractivity contribution in [2.45, 2.75) is 6.92 Å².